The molecule has 0 spiro atoms. The molecule has 1 aromatic heterocycles. The molecule has 4 nitrogen and oxygen atoms in total. The lowest BCUT2D eigenvalue weighted by atomic mass is 10.0. The van der Waals surface area contributed by atoms with Crippen LogP contribution in [0.25, 0.3) is 0 Å². The van der Waals surface area contributed by atoms with Crippen LogP contribution in [0.4, 0.5) is 0 Å². The molecule has 0 saturated carbocycles. The molecule has 1 saturated heterocycles. The van der Waals surface area contributed by atoms with Gasteiger partial charge in [-0.25, -0.2) is 4.98 Å². The van der Waals surface area contributed by atoms with Crippen molar-refractivity contribution in [3.63, 3.8) is 0 Å². The molecule has 1 aliphatic rings. The second kappa shape index (κ2) is 6.73. The molecule has 1 aromatic rings. The van der Waals surface area contributed by atoms with Crippen LogP contribution in [-0.2, 0) is 4.79 Å². The molecule has 1 aliphatic heterocycles. The maximum atomic E-state index is 11.8. The average molecular weight is 263 g/mol. The summed E-state index contributed by atoms with van der Waals surface area (Å²) in [5, 5.41) is 0. The molecular weight excluding hydrogens is 238 g/mol. The Hall–Kier alpha value is -1.32. The first-order chi connectivity index (χ1) is 9.26. The first kappa shape index (κ1) is 14.1. The van der Waals surface area contributed by atoms with E-state index in [9.17, 15) is 4.79 Å². The summed E-state index contributed by atoms with van der Waals surface area (Å²) in [6.07, 6.45) is 11.9. The Bertz CT molecular complexity index is 388. The van der Waals surface area contributed by atoms with E-state index >= 15 is 0 Å². The minimum atomic E-state index is 0.350. The van der Waals surface area contributed by atoms with Gasteiger partial charge in [0, 0.05) is 37.4 Å². The monoisotopic (exact) mass is 263 g/mol. The number of likely N-dealkylation sites (tertiary alicyclic amines) is 1. The van der Waals surface area contributed by atoms with Crippen molar-refractivity contribution >= 4 is 5.91 Å². The van der Waals surface area contributed by atoms with Crippen molar-refractivity contribution in [1.82, 2.24) is 14.5 Å². The Morgan fingerprint density at radius 1 is 1.26 bits per heavy atom. The minimum absolute atomic E-state index is 0.350. The first-order valence-corrected chi connectivity index (χ1v) is 7.53. The fourth-order valence-corrected chi connectivity index (χ4v) is 3.07. The first-order valence-electron chi connectivity index (χ1n) is 7.53. The summed E-state index contributed by atoms with van der Waals surface area (Å²) in [7, 11) is 0. The fourth-order valence-electron chi connectivity index (χ4n) is 3.07. The summed E-state index contributed by atoms with van der Waals surface area (Å²) in [4.78, 5) is 18.1. The average Bonchev–Trinajstić information content (AvgIpc) is 3.07. The van der Waals surface area contributed by atoms with Gasteiger partial charge in [0.2, 0.25) is 5.91 Å². The second-order valence-electron chi connectivity index (χ2n) is 5.40. The molecular formula is C15H25N3O. The van der Waals surface area contributed by atoms with E-state index in [1.807, 2.05) is 18.7 Å². The van der Waals surface area contributed by atoms with Crippen molar-refractivity contribution in [1.29, 1.82) is 0 Å². The van der Waals surface area contributed by atoms with E-state index in [2.05, 4.69) is 28.3 Å². The van der Waals surface area contributed by atoms with Gasteiger partial charge >= 0.3 is 0 Å². The predicted octanol–water partition coefficient (Wildman–Crippen LogP) is 3.02. The van der Waals surface area contributed by atoms with Gasteiger partial charge in [-0.15, -0.1) is 0 Å². The molecule has 0 radical (unpaired) electrons. The molecule has 0 aliphatic carbocycles. The molecule has 19 heavy (non-hydrogen) atoms. The quantitative estimate of drug-likeness (QED) is 0.758. The third-order valence-electron chi connectivity index (χ3n) is 4.27. The van der Waals surface area contributed by atoms with Crippen LogP contribution in [0, 0.1) is 0 Å². The number of carbonyl (C=O) groups excluding carboxylic acids is 1. The topological polar surface area (TPSA) is 38.1 Å². The lowest BCUT2D eigenvalue weighted by Gasteiger charge is -2.28. The molecule has 0 bridgehead atoms. The minimum Gasteiger partial charge on any atom is -0.340 e. The SMILES string of the molecule is CCC(CCC(CC)n1ccnc1)N1CCCC1=O. The number of rotatable bonds is 7. The van der Waals surface area contributed by atoms with Gasteiger partial charge in [-0.1, -0.05) is 13.8 Å². The van der Waals surface area contributed by atoms with Crippen molar-refractivity contribution in [2.75, 3.05) is 6.54 Å². The molecule has 2 heterocycles. The van der Waals surface area contributed by atoms with Crippen molar-refractivity contribution < 1.29 is 4.79 Å². The lowest BCUT2D eigenvalue weighted by Crippen LogP contribution is -2.36. The van der Waals surface area contributed by atoms with Gasteiger partial charge in [0.05, 0.1) is 6.33 Å². The van der Waals surface area contributed by atoms with E-state index < -0.39 is 0 Å². The Morgan fingerprint density at radius 3 is 2.53 bits per heavy atom. The van der Waals surface area contributed by atoms with E-state index in [0.717, 1.165) is 45.1 Å². The third kappa shape index (κ3) is 3.37. The molecule has 0 N–H and O–H groups in total. The molecule has 106 valence electrons. The number of hydrogen-bond acceptors (Lipinski definition) is 2. The molecule has 0 aromatic carbocycles. The van der Waals surface area contributed by atoms with E-state index in [0.29, 0.717) is 18.0 Å². The summed E-state index contributed by atoms with van der Waals surface area (Å²) in [6.45, 7) is 5.36. The van der Waals surface area contributed by atoms with Gasteiger partial charge in [0.25, 0.3) is 0 Å². The van der Waals surface area contributed by atoms with Crippen LogP contribution in [0.15, 0.2) is 18.7 Å². The summed E-state index contributed by atoms with van der Waals surface area (Å²) in [6, 6.07) is 0.932. The van der Waals surface area contributed by atoms with Crippen LogP contribution in [0.5, 0.6) is 0 Å². The lowest BCUT2D eigenvalue weighted by molar-refractivity contribution is -0.129. The van der Waals surface area contributed by atoms with Gasteiger partial charge < -0.3 is 9.47 Å². The highest BCUT2D eigenvalue weighted by Crippen LogP contribution is 2.24. The third-order valence-corrected chi connectivity index (χ3v) is 4.27. The normalized spacial score (nSPS) is 18.8. The van der Waals surface area contributed by atoms with E-state index in [4.69, 9.17) is 0 Å². The summed E-state index contributed by atoms with van der Waals surface area (Å²) in [5.41, 5.74) is 0. The van der Waals surface area contributed by atoms with Gasteiger partial charge in [0.15, 0.2) is 0 Å². The van der Waals surface area contributed by atoms with E-state index in [1.165, 1.54) is 0 Å². The van der Waals surface area contributed by atoms with Crippen LogP contribution in [0.1, 0.15) is 58.4 Å². The number of carbonyl (C=O) groups is 1. The molecule has 1 fully saturated rings. The highest BCUT2D eigenvalue weighted by atomic mass is 16.2. The standard InChI is InChI=1S/C15H25N3O/c1-3-13(17-11-9-16-12-17)7-8-14(4-2)18-10-5-6-15(18)19/h9,11-14H,3-8,10H2,1-2H3. The number of amides is 1. The highest BCUT2D eigenvalue weighted by molar-refractivity contribution is 5.78. The van der Waals surface area contributed by atoms with Crippen molar-refractivity contribution in [3.8, 4) is 0 Å². The number of hydrogen-bond donors (Lipinski definition) is 0. The smallest absolute Gasteiger partial charge is 0.222 e. The maximum absolute atomic E-state index is 11.8. The van der Waals surface area contributed by atoms with Gasteiger partial charge in [-0.2, -0.15) is 0 Å². The highest BCUT2D eigenvalue weighted by Gasteiger charge is 2.27. The van der Waals surface area contributed by atoms with Crippen molar-refractivity contribution in [2.45, 2.75) is 64.5 Å². The van der Waals surface area contributed by atoms with Crippen LogP contribution in [0.2, 0.25) is 0 Å². The van der Waals surface area contributed by atoms with Crippen molar-refractivity contribution in [3.05, 3.63) is 18.7 Å². The van der Waals surface area contributed by atoms with Gasteiger partial charge in [-0.05, 0) is 32.1 Å². The number of nitrogens with zero attached hydrogens (tertiary/aromatic N) is 3. The van der Waals surface area contributed by atoms with Crippen LogP contribution >= 0.6 is 0 Å². The van der Waals surface area contributed by atoms with Gasteiger partial charge in [-0.3, -0.25) is 4.79 Å². The largest absolute Gasteiger partial charge is 0.340 e. The van der Waals surface area contributed by atoms with E-state index in [1.54, 1.807) is 0 Å². The predicted molar refractivity (Wildman–Crippen MR) is 75.8 cm³/mol. The molecule has 1 amide bonds. The summed E-state index contributed by atoms with van der Waals surface area (Å²) in [5.74, 6) is 0.350. The Balaban J connectivity index is 1.90. The zero-order chi connectivity index (χ0) is 13.7. The number of imidazole rings is 1. The van der Waals surface area contributed by atoms with E-state index in [-0.39, 0.29) is 0 Å². The second-order valence-corrected chi connectivity index (χ2v) is 5.40. The van der Waals surface area contributed by atoms with Crippen LogP contribution in [0.3, 0.4) is 0 Å². The Labute approximate surface area is 115 Å². The zero-order valence-corrected chi connectivity index (χ0v) is 12.1. The fraction of sp³-hybridized carbons (Fsp3) is 0.733. The van der Waals surface area contributed by atoms with Crippen LogP contribution < -0.4 is 0 Å². The van der Waals surface area contributed by atoms with Crippen LogP contribution in [-0.4, -0.2) is 32.9 Å². The summed E-state index contributed by atoms with van der Waals surface area (Å²) >= 11 is 0. The molecule has 2 atom stereocenters. The maximum Gasteiger partial charge on any atom is 0.222 e. The Morgan fingerprint density at radius 2 is 2.00 bits per heavy atom. The van der Waals surface area contributed by atoms with Crippen molar-refractivity contribution in [2.24, 2.45) is 0 Å². The van der Waals surface area contributed by atoms with Gasteiger partial charge in [0.1, 0.15) is 0 Å². The zero-order valence-electron chi connectivity index (χ0n) is 12.1. The Kier molecular flexibility index (Phi) is 5.00. The molecule has 4 heteroatoms. The number of aromatic nitrogens is 2. The molecule has 2 rings (SSSR count). The summed E-state index contributed by atoms with van der Waals surface area (Å²) < 4.78 is 2.19. The molecule has 2 unspecified atom stereocenters.